The van der Waals surface area contributed by atoms with E-state index in [0.29, 0.717) is 38.3 Å². The summed E-state index contributed by atoms with van der Waals surface area (Å²) in [7, 11) is 1.58. The Balaban J connectivity index is 1.80. The molecule has 1 unspecified atom stereocenters. The van der Waals surface area contributed by atoms with E-state index in [-0.39, 0.29) is 11.3 Å². The standard InChI is InChI=1S/C19H23NO5/c1-13(14-5-3-4-6-15(14)24-2)11-16(21)20-12-19(17(20)18(22)23)7-9-25-10-8-19/h3-6,11,17H,7-10,12H2,1-2H3,(H,22,23)/b13-11+. The van der Waals surface area contributed by atoms with Crippen LogP contribution in [0.25, 0.3) is 5.57 Å². The maximum atomic E-state index is 12.7. The number of rotatable bonds is 4. The number of ether oxygens (including phenoxy) is 2. The molecule has 2 heterocycles. The number of methoxy groups -OCH3 is 1. The summed E-state index contributed by atoms with van der Waals surface area (Å²) in [6, 6.07) is 6.68. The van der Waals surface area contributed by atoms with Gasteiger partial charge in [0.1, 0.15) is 11.8 Å². The van der Waals surface area contributed by atoms with Crippen molar-refractivity contribution < 1.29 is 24.2 Å². The van der Waals surface area contributed by atoms with Crippen molar-refractivity contribution >= 4 is 17.4 Å². The van der Waals surface area contributed by atoms with Gasteiger partial charge in [-0.2, -0.15) is 0 Å². The fraction of sp³-hybridized carbons (Fsp3) is 0.474. The number of allylic oxidation sites excluding steroid dienone is 1. The van der Waals surface area contributed by atoms with E-state index in [9.17, 15) is 14.7 Å². The molecule has 2 saturated heterocycles. The Hall–Kier alpha value is -2.34. The van der Waals surface area contributed by atoms with Gasteiger partial charge in [0.25, 0.3) is 0 Å². The maximum Gasteiger partial charge on any atom is 0.327 e. The Morgan fingerprint density at radius 2 is 2.00 bits per heavy atom. The number of hydrogen-bond acceptors (Lipinski definition) is 4. The Labute approximate surface area is 147 Å². The van der Waals surface area contributed by atoms with Gasteiger partial charge < -0.3 is 19.5 Å². The molecule has 3 rings (SSSR count). The van der Waals surface area contributed by atoms with Crippen molar-refractivity contribution in [3.8, 4) is 5.75 Å². The second-order valence-corrected chi connectivity index (χ2v) is 6.71. The van der Waals surface area contributed by atoms with E-state index in [2.05, 4.69) is 0 Å². The van der Waals surface area contributed by atoms with Crippen LogP contribution in [-0.4, -0.2) is 54.8 Å². The molecular weight excluding hydrogens is 322 g/mol. The number of carbonyl (C=O) groups excluding carboxylic acids is 1. The van der Waals surface area contributed by atoms with Gasteiger partial charge in [-0.15, -0.1) is 0 Å². The minimum atomic E-state index is -0.940. The van der Waals surface area contributed by atoms with Crippen molar-refractivity contribution in [2.24, 2.45) is 5.41 Å². The zero-order valence-electron chi connectivity index (χ0n) is 14.5. The number of carboxylic acids is 1. The van der Waals surface area contributed by atoms with Crippen molar-refractivity contribution in [2.45, 2.75) is 25.8 Å². The van der Waals surface area contributed by atoms with E-state index in [0.717, 1.165) is 11.1 Å². The molecular formula is C19H23NO5. The SMILES string of the molecule is COc1ccccc1/C(C)=C/C(=O)N1CC2(CCOCC2)C1C(=O)O. The highest BCUT2D eigenvalue weighted by Gasteiger charge is 2.58. The van der Waals surface area contributed by atoms with Crippen LogP contribution < -0.4 is 4.74 Å². The molecule has 0 aromatic heterocycles. The average molecular weight is 345 g/mol. The predicted molar refractivity (Wildman–Crippen MR) is 92.3 cm³/mol. The second kappa shape index (κ2) is 6.88. The highest BCUT2D eigenvalue weighted by Crippen LogP contribution is 2.46. The Kier molecular flexibility index (Phi) is 4.81. The molecule has 2 fully saturated rings. The molecule has 1 spiro atoms. The van der Waals surface area contributed by atoms with Gasteiger partial charge in [-0.05, 0) is 31.4 Å². The van der Waals surface area contributed by atoms with Crippen molar-refractivity contribution in [3.63, 3.8) is 0 Å². The van der Waals surface area contributed by atoms with E-state index in [1.54, 1.807) is 7.11 Å². The number of aliphatic carboxylic acids is 1. The zero-order valence-corrected chi connectivity index (χ0v) is 14.5. The number of amides is 1. The molecule has 1 aromatic rings. The highest BCUT2D eigenvalue weighted by molar-refractivity contribution is 5.98. The molecule has 2 aliphatic rings. The van der Waals surface area contributed by atoms with Crippen LogP contribution in [0, 0.1) is 5.41 Å². The van der Waals surface area contributed by atoms with Crippen molar-refractivity contribution in [1.29, 1.82) is 0 Å². The Morgan fingerprint density at radius 3 is 2.64 bits per heavy atom. The highest BCUT2D eigenvalue weighted by atomic mass is 16.5. The van der Waals surface area contributed by atoms with E-state index in [1.807, 2.05) is 31.2 Å². The summed E-state index contributed by atoms with van der Waals surface area (Å²) in [5.41, 5.74) is 1.23. The number of carboxylic acid groups (broad SMARTS) is 1. The lowest BCUT2D eigenvalue weighted by molar-refractivity contribution is -0.183. The maximum absolute atomic E-state index is 12.7. The average Bonchev–Trinajstić information content (AvgIpc) is 2.59. The van der Waals surface area contributed by atoms with Crippen molar-refractivity contribution in [3.05, 3.63) is 35.9 Å². The molecule has 25 heavy (non-hydrogen) atoms. The summed E-state index contributed by atoms with van der Waals surface area (Å²) in [6.45, 7) is 3.42. The molecule has 1 atom stereocenters. The summed E-state index contributed by atoms with van der Waals surface area (Å²) < 4.78 is 10.7. The van der Waals surface area contributed by atoms with Crippen LogP contribution in [0.1, 0.15) is 25.3 Å². The first-order valence-electron chi connectivity index (χ1n) is 8.41. The fourth-order valence-electron chi connectivity index (χ4n) is 3.86. The minimum Gasteiger partial charge on any atom is -0.496 e. The normalized spacial score (nSPS) is 22.4. The first-order valence-corrected chi connectivity index (χ1v) is 8.41. The van der Waals surface area contributed by atoms with Gasteiger partial charge in [-0.1, -0.05) is 18.2 Å². The molecule has 0 saturated carbocycles. The minimum absolute atomic E-state index is 0.270. The Morgan fingerprint density at radius 1 is 1.32 bits per heavy atom. The molecule has 6 nitrogen and oxygen atoms in total. The number of likely N-dealkylation sites (tertiary alicyclic amines) is 1. The number of hydrogen-bond donors (Lipinski definition) is 1. The summed E-state index contributed by atoms with van der Waals surface area (Å²) in [4.78, 5) is 25.9. The summed E-state index contributed by atoms with van der Waals surface area (Å²) >= 11 is 0. The predicted octanol–water partition coefficient (Wildman–Crippen LogP) is 2.19. The first kappa shape index (κ1) is 17.5. The number of para-hydroxylation sites is 1. The van der Waals surface area contributed by atoms with Gasteiger partial charge in [0.15, 0.2) is 0 Å². The first-order chi connectivity index (χ1) is 12.0. The summed E-state index contributed by atoms with van der Waals surface area (Å²) in [6.07, 6.45) is 2.87. The lowest BCUT2D eigenvalue weighted by atomic mass is 9.66. The summed E-state index contributed by atoms with van der Waals surface area (Å²) in [5.74, 6) is -0.527. The van der Waals surface area contributed by atoms with E-state index < -0.39 is 12.0 Å². The quantitative estimate of drug-likeness (QED) is 0.847. The molecule has 0 bridgehead atoms. The lowest BCUT2D eigenvalue weighted by Crippen LogP contribution is -2.70. The van der Waals surface area contributed by atoms with E-state index in [4.69, 9.17) is 9.47 Å². The van der Waals surface area contributed by atoms with E-state index in [1.165, 1.54) is 11.0 Å². The molecule has 6 heteroatoms. The van der Waals surface area contributed by atoms with Crippen LogP contribution in [0.2, 0.25) is 0 Å². The number of carbonyl (C=O) groups is 2. The van der Waals surface area contributed by atoms with Gasteiger partial charge >= 0.3 is 5.97 Å². The third kappa shape index (κ3) is 3.14. The zero-order chi connectivity index (χ0) is 18.0. The van der Waals surface area contributed by atoms with Crippen molar-refractivity contribution in [1.82, 2.24) is 4.90 Å². The molecule has 1 N–H and O–H groups in total. The molecule has 1 amide bonds. The molecule has 1 aromatic carbocycles. The fourth-order valence-corrected chi connectivity index (χ4v) is 3.86. The van der Waals surface area contributed by atoms with Gasteiger partial charge in [-0.25, -0.2) is 4.79 Å². The topological polar surface area (TPSA) is 76.1 Å². The van der Waals surface area contributed by atoms with Crippen molar-refractivity contribution in [2.75, 3.05) is 26.9 Å². The third-order valence-electron chi connectivity index (χ3n) is 5.25. The van der Waals surface area contributed by atoms with E-state index >= 15 is 0 Å². The van der Waals surface area contributed by atoms with Gasteiger partial charge in [0, 0.05) is 36.8 Å². The van der Waals surface area contributed by atoms with Crippen LogP contribution in [0.3, 0.4) is 0 Å². The smallest absolute Gasteiger partial charge is 0.327 e. The molecule has 2 aliphatic heterocycles. The molecule has 134 valence electrons. The molecule has 0 aliphatic carbocycles. The summed E-state index contributed by atoms with van der Waals surface area (Å²) in [5, 5.41) is 9.63. The monoisotopic (exact) mass is 345 g/mol. The van der Waals surface area contributed by atoms with Crippen LogP contribution in [0.15, 0.2) is 30.3 Å². The van der Waals surface area contributed by atoms with Gasteiger partial charge in [-0.3, -0.25) is 4.79 Å². The van der Waals surface area contributed by atoms with Crippen LogP contribution >= 0.6 is 0 Å². The van der Waals surface area contributed by atoms with Crippen LogP contribution in [0.5, 0.6) is 5.75 Å². The second-order valence-electron chi connectivity index (χ2n) is 6.71. The van der Waals surface area contributed by atoms with Gasteiger partial charge in [0.2, 0.25) is 5.91 Å². The molecule has 0 radical (unpaired) electrons. The largest absolute Gasteiger partial charge is 0.496 e. The Bertz CT molecular complexity index is 706. The van der Waals surface area contributed by atoms with Crippen LogP contribution in [0.4, 0.5) is 0 Å². The lowest BCUT2D eigenvalue weighted by Gasteiger charge is -2.56. The van der Waals surface area contributed by atoms with Crippen LogP contribution in [-0.2, 0) is 14.3 Å². The number of nitrogens with zero attached hydrogens (tertiary/aromatic N) is 1. The third-order valence-corrected chi connectivity index (χ3v) is 5.25. The van der Waals surface area contributed by atoms with Gasteiger partial charge in [0.05, 0.1) is 7.11 Å². The number of benzene rings is 1.